The van der Waals surface area contributed by atoms with Crippen molar-refractivity contribution in [3.63, 3.8) is 0 Å². The van der Waals surface area contributed by atoms with Gasteiger partial charge < -0.3 is 34.9 Å². The van der Waals surface area contributed by atoms with E-state index in [0.717, 1.165) is 23.5 Å². The average Bonchev–Trinajstić information content (AvgIpc) is 3.51. The van der Waals surface area contributed by atoms with Gasteiger partial charge in [-0.05, 0) is 56.7 Å². The molecule has 4 rings (SSSR count). The number of aliphatic hydroxyl groups is 1. The Morgan fingerprint density at radius 1 is 1.17 bits per heavy atom. The van der Waals surface area contributed by atoms with E-state index in [4.69, 9.17) is 9.79 Å². The fraction of sp³-hybridized carbons (Fsp3) is 0.556. The van der Waals surface area contributed by atoms with Crippen LogP contribution in [0.3, 0.4) is 0 Å². The molecule has 0 radical (unpaired) electrons. The molecule has 4 amide bonds. The van der Waals surface area contributed by atoms with Gasteiger partial charge in [0.2, 0.25) is 26.1 Å². The number of benzene rings is 1. The first kappa shape index (κ1) is 32.2. The summed E-state index contributed by atoms with van der Waals surface area (Å²) in [7, 11) is -2.00. The van der Waals surface area contributed by atoms with Crippen molar-refractivity contribution in [2.24, 2.45) is 0 Å². The molecule has 0 unspecified atom stereocenters. The van der Waals surface area contributed by atoms with Crippen LogP contribution in [0.4, 0.5) is 8.78 Å². The fourth-order valence-electron chi connectivity index (χ4n) is 5.61. The summed E-state index contributed by atoms with van der Waals surface area (Å²) in [5.41, 5.74) is -5.59. The van der Waals surface area contributed by atoms with Gasteiger partial charge in [0.15, 0.2) is 0 Å². The van der Waals surface area contributed by atoms with Gasteiger partial charge in [0.05, 0.1) is 10.5 Å². The lowest BCUT2D eigenvalue weighted by atomic mass is 10.1. The van der Waals surface area contributed by atoms with Crippen molar-refractivity contribution < 1.29 is 42.9 Å². The summed E-state index contributed by atoms with van der Waals surface area (Å²) in [6, 6.07) is 2.59. The van der Waals surface area contributed by atoms with E-state index >= 15 is 0 Å². The molecule has 2 aliphatic rings. The molecule has 4 N–H and O–H groups in total. The largest absolute Gasteiger partial charge is 0.389 e. The topological polar surface area (TPSA) is 151 Å². The molecule has 1 aromatic heterocycles. The Kier molecular flexibility index (Phi) is 9.25. The molecular formula is C27H35F2N4O7PS. The summed E-state index contributed by atoms with van der Waals surface area (Å²) < 4.78 is 28.8. The number of thiophene rings is 1. The number of likely N-dealkylation sites (N-methyl/N-ethyl adjacent to an activating group) is 1. The Labute approximate surface area is 247 Å². The molecule has 3 atom stereocenters. The van der Waals surface area contributed by atoms with Crippen LogP contribution < -0.4 is 5.32 Å². The minimum absolute atomic E-state index is 0.0607. The van der Waals surface area contributed by atoms with Gasteiger partial charge in [0, 0.05) is 49.9 Å². The third-order valence-electron chi connectivity index (χ3n) is 7.56. The highest BCUT2D eigenvalue weighted by Gasteiger charge is 2.46. The van der Waals surface area contributed by atoms with Crippen LogP contribution in [0, 0.1) is 0 Å². The predicted octanol–water partition coefficient (Wildman–Crippen LogP) is 2.19. The van der Waals surface area contributed by atoms with Gasteiger partial charge in [-0.3, -0.25) is 19.2 Å². The molecule has 15 heteroatoms. The molecule has 2 saturated heterocycles. The zero-order chi connectivity index (χ0) is 31.1. The third kappa shape index (κ3) is 6.73. The van der Waals surface area contributed by atoms with Crippen molar-refractivity contribution in [3.8, 4) is 0 Å². The Balaban J connectivity index is 1.60. The summed E-state index contributed by atoms with van der Waals surface area (Å²) in [4.78, 5) is 75.8. The lowest BCUT2D eigenvalue weighted by molar-refractivity contribution is -0.149. The van der Waals surface area contributed by atoms with Crippen molar-refractivity contribution in [1.82, 2.24) is 20.0 Å². The normalized spacial score (nSPS) is 21.8. The molecule has 3 heterocycles. The lowest BCUT2D eigenvalue weighted by Gasteiger charge is -2.39. The number of alkyl halides is 2. The minimum Gasteiger partial charge on any atom is -0.389 e. The number of rotatable bonds is 7. The van der Waals surface area contributed by atoms with Gasteiger partial charge in [-0.25, -0.2) is 0 Å². The molecule has 11 nitrogen and oxygen atoms in total. The standard InChI is InChI=1S/C27H35F2N4O7PS/c1-15(34)32-10-9-18-6-7-20(25(37)31(4)14-26(2,3)38)33(18)24(36)19(13-32)30-23(35)22-12-16-11-17(5-8-21(16)42-22)27(28,29)41(39)40/h5,8,11-12,18-20,38-40H,6-7,9-10,13-14H2,1-4H3,(H,30,35)/t18-,19+,20+/m1/s1. The third-order valence-corrected chi connectivity index (χ3v) is 9.44. The number of fused-ring (bicyclic) bond motifs is 2. The first-order chi connectivity index (χ1) is 19.5. The van der Waals surface area contributed by atoms with Crippen molar-refractivity contribution in [3.05, 3.63) is 34.7 Å². The predicted molar refractivity (Wildman–Crippen MR) is 153 cm³/mol. The van der Waals surface area contributed by atoms with Gasteiger partial charge in [-0.2, -0.15) is 8.78 Å². The number of nitrogens with one attached hydrogen (secondary N) is 1. The first-order valence-electron chi connectivity index (χ1n) is 13.5. The van der Waals surface area contributed by atoms with Crippen LogP contribution in [-0.2, 0) is 20.0 Å². The second-order valence-electron chi connectivity index (χ2n) is 11.5. The highest BCUT2D eigenvalue weighted by atomic mass is 32.1. The van der Waals surface area contributed by atoms with Crippen LogP contribution in [0.1, 0.15) is 55.3 Å². The summed E-state index contributed by atoms with van der Waals surface area (Å²) in [6.45, 7) is 4.81. The van der Waals surface area contributed by atoms with Gasteiger partial charge in [-0.15, -0.1) is 11.3 Å². The molecular weight excluding hydrogens is 593 g/mol. The number of hydrogen-bond donors (Lipinski definition) is 4. The summed E-state index contributed by atoms with van der Waals surface area (Å²) in [5.74, 6) is -1.76. The van der Waals surface area contributed by atoms with Crippen LogP contribution in [0.5, 0.6) is 0 Å². The van der Waals surface area contributed by atoms with Crippen molar-refractivity contribution in [2.45, 2.75) is 69.4 Å². The SMILES string of the molecule is CC(=O)N1CC[C@H]2CC[C@@H](C(=O)N(C)CC(C)(C)O)N2C(=O)[C@@H](NC(=O)c2cc3cc(C(F)(F)P(O)O)ccc3s2)C1. The van der Waals surface area contributed by atoms with E-state index in [2.05, 4.69) is 5.32 Å². The maximum absolute atomic E-state index is 14.2. The van der Waals surface area contributed by atoms with Crippen LogP contribution in [0.2, 0.25) is 0 Å². The van der Waals surface area contributed by atoms with Gasteiger partial charge in [-0.1, -0.05) is 6.07 Å². The van der Waals surface area contributed by atoms with Crippen LogP contribution >= 0.6 is 19.7 Å². The molecule has 0 spiro atoms. The molecule has 42 heavy (non-hydrogen) atoms. The Hall–Kier alpha value is -2.77. The van der Waals surface area contributed by atoms with E-state index in [1.165, 1.54) is 33.8 Å². The van der Waals surface area contributed by atoms with Crippen LogP contribution in [-0.4, -0.2) is 104 Å². The molecule has 1 aromatic carbocycles. The molecule has 0 bridgehead atoms. The van der Waals surface area contributed by atoms with E-state index in [9.17, 15) is 33.1 Å². The van der Waals surface area contributed by atoms with E-state index in [1.807, 2.05) is 0 Å². The number of nitrogens with zero attached hydrogens (tertiary/aromatic N) is 3. The highest BCUT2D eigenvalue weighted by molar-refractivity contribution is 7.46. The van der Waals surface area contributed by atoms with E-state index in [-0.39, 0.29) is 41.2 Å². The summed E-state index contributed by atoms with van der Waals surface area (Å²) in [5, 5.41) is 13.2. The lowest BCUT2D eigenvalue weighted by Crippen LogP contribution is -2.61. The summed E-state index contributed by atoms with van der Waals surface area (Å²) >= 11 is 1.01. The van der Waals surface area contributed by atoms with Crippen LogP contribution in [0.15, 0.2) is 24.3 Å². The second-order valence-corrected chi connectivity index (χ2v) is 13.7. The number of hydrogen-bond acceptors (Lipinski definition) is 8. The van der Waals surface area contributed by atoms with Gasteiger partial charge in [0.1, 0.15) is 12.1 Å². The van der Waals surface area contributed by atoms with Gasteiger partial charge in [0.25, 0.3) is 5.91 Å². The monoisotopic (exact) mass is 628 g/mol. The number of carbonyl (C=O) groups excluding carboxylic acids is 4. The molecule has 0 saturated carbocycles. The van der Waals surface area contributed by atoms with E-state index < -0.39 is 49.1 Å². The number of carbonyl (C=O) groups is 4. The zero-order valence-corrected chi connectivity index (χ0v) is 25.4. The summed E-state index contributed by atoms with van der Waals surface area (Å²) in [6.07, 6.45) is 1.41. The molecule has 2 fully saturated rings. The average molecular weight is 629 g/mol. The minimum atomic E-state index is -3.85. The number of amides is 4. The smallest absolute Gasteiger partial charge is 0.339 e. The van der Waals surface area contributed by atoms with Crippen molar-refractivity contribution in [1.29, 1.82) is 0 Å². The maximum atomic E-state index is 14.2. The Bertz CT molecular complexity index is 1380. The maximum Gasteiger partial charge on any atom is 0.339 e. The number of halogens is 2. The molecule has 2 aromatic rings. The Morgan fingerprint density at radius 2 is 1.86 bits per heavy atom. The van der Waals surface area contributed by atoms with Crippen LogP contribution in [0.25, 0.3) is 10.1 Å². The van der Waals surface area contributed by atoms with E-state index in [1.54, 1.807) is 20.9 Å². The Morgan fingerprint density at radius 3 is 2.48 bits per heavy atom. The van der Waals surface area contributed by atoms with Crippen molar-refractivity contribution >= 4 is 53.4 Å². The van der Waals surface area contributed by atoms with E-state index in [0.29, 0.717) is 30.5 Å². The molecule has 0 aliphatic carbocycles. The molecule has 230 valence electrons. The second kappa shape index (κ2) is 12.1. The first-order valence-corrected chi connectivity index (χ1v) is 15.5. The highest BCUT2D eigenvalue weighted by Crippen LogP contribution is 2.53. The van der Waals surface area contributed by atoms with Gasteiger partial charge >= 0.3 is 5.66 Å². The fourth-order valence-corrected chi connectivity index (χ4v) is 6.93. The quantitative estimate of drug-likeness (QED) is 0.344. The molecule has 2 aliphatic heterocycles. The van der Waals surface area contributed by atoms with Crippen molar-refractivity contribution in [2.75, 3.05) is 26.7 Å². The zero-order valence-electron chi connectivity index (χ0n) is 23.7.